The molecule has 2 heterocycles. The Hall–Kier alpha value is -2.10. The van der Waals surface area contributed by atoms with Gasteiger partial charge in [0.05, 0.1) is 12.6 Å². The average Bonchev–Trinajstić information content (AvgIpc) is 3.00. The van der Waals surface area contributed by atoms with E-state index < -0.39 is 0 Å². The zero-order valence-corrected chi connectivity index (χ0v) is 15.4. The molecule has 0 spiro atoms. The van der Waals surface area contributed by atoms with Gasteiger partial charge >= 0.3 is 0 Å². The fourth-order valence-corrected chi connectivity index (χ4v) is 4.99. The van der Waals surface area contributed by atoms with E-state index in [-0.39, 0.29) is 0 Å². The average molecular weight is 346 g/mol. The van der Waals surface area contributed by atoms with Crippen LogP contribution in [-0.4, -0.2) is 23.1 Å². The highest BCUT2D eigenvalue weighted by molar-refractivity contribution is 5.87. The first-order valence-corrected chi connectivity index (χ1v) is 9.76. The summed E-state index contributed by atoms with van der Waals surface area (Å²) in [6.07, 6.45) is 3.78. The van der Waals surface area contributed by atoms with Crippen LogP contribution in [-0.2, 0) is 30.9 Å². The first-order valence-electron chi connectivity index (χ1n) is 9.76. The van der Waals surface area contributed by atoms with Crippen LogP contribution in [0.3, 0.4) is 0 Å². The number of hydrogen-bond acceptors (Lipinski definition) is 2. The van der Waals surface area contributed by atoms with Crippen molar-refractivity contribution in [2.75, 3.05) is 13.7 Å². The first-order chi connectivity index (χ1) is 12.8. The van der Waals surface area contributed by atoms with E-state index in [1.54, 1.807) is 18.4 Å². The first kappa shape index (κ1) is 16.1. The lowest BCUT2D eigenvalue weighted by molar-refractivity contribution is 0.133. The van der Waals surface area contributed by atoms with Crippen LogP contribution in [0.15, 0.2) is 48.5 Å². The van der Waals surface area contributed by atoms with E-state index in [2.05, 4.69) is 58.0 Å². The highest BCUT2D eigenvalue weighted by Crippen LogP contribution is 2.43. The van der Waals surface area contributed by atoms with Crippen LogP contribution < -0.4 is 0 Å². The maximum absolute atomic E-state index is 5.36. The van der Waals surface area contributed by atoms with E-state index in [9.17, 15) is 0 Å². The molecule has 5 rings (SSSR count). The van der Waals surface area contributed by atoms with Gasteiger partial charge in [-0.3, -0.25) is 4.90 Å². The SMILES string of the molecule is COCc1ccc2c(c1)c1c3n2CCN(Cc2ccccc2)C3CCC1. The lowest BCUT2D eigenvalue weighted by Crippen LogP contribution is -2.39. The van der Waals surface area contributed by atoms with Crippen molar-refractivity contribution < 1.29 is 4.74 Å². The molecule has 1 atom stereocenters. The molecular weight excluding hydrogens is 320 g/mol. The highest BCUT2D eigenvalue weighted by Gasteiger charge is 2.34. The second kappa shape index (κ2) is 6.57. The van der Waals surface area contributed by atoms with Crippen molar-refractivity contribution in [1.82, 2.24) is 9.47 Å². The molecule has 0 saturated heterocycles. The number of benzene rings is 2. The van der Waals surface area contributed by atoms with Crippen molar-refractivity contribution in [1.29, 1.82) is 0 Å². The van der Waals surface area contributed by atoms with Crippen molar-refractivity contribution in [3.63, 3.8) is 0 Å². The predicted molar refractivity (Wildman–Crippen MR) is 105 cm³/mol. The minimum Gasteiger partial charge on any atom is -0.380 e. The predicted octanol–water partition coefficient (Wildman–Crippen LogP) is 4.68. The van der Waals surface area contributed by atoms with Crippen molar-refractivity contribution in [3.05, 3.63) is 70.9 Å². The maximum Gasteiger partial charge on any atom is 0.0713 e. The van der Waals surface area contributed by atoms with Crippen LogP contribution in [0.5, 0.6) is 0 Å². The number of fused-ring (bicyclic) bond motifs is 3. The third kappa shape index (κ3) is 2.58. The molecule has 26 heavy (non-hydrogen) atoms. The van der Waals surface area contributed by atoms with E-state index in [0.29, 0.717) is 12.6 Å². The molecule has 1 aliphatic carbocycles. The third-order valence-electron chi connectivity index (χ3n) is 6.09. The normalized spacial score (nSPS) is 19.7. The van der Waals surface area contributed by atoms with Gasteiger partial charge < -0.3 is 9.30 Å². The Balaban J connectivity index is 1.56. The quantitative estimate of drug-likeness (QED) is 0.682. The molecule has 0 N–H and O–H groups in total. The number of rotatable bonds is 4. The molecule has 2 aromatic carbocycles. The zero-order valence-electron chi connectivity index (χ0n) is 15.4. The van der Waals surface area contributed by atoms with Gasteiger partial charge in [0.25, 0.3) is 0 Å². The Morgan fingerprint density at radius 1 is 1.04 bits per heavy atom. The number of methoxy groups -OCH3 is 1. The standard InChI is InChI=1S/C23H26N2O/c1-26-16-18-10-11-21-20(14-18)19-8-5-9-22-23(19)25(21)13-12-24(22)15-17-6-3-2-4-7-17/h2-4,6-7,10-11,14,22H,5,8-9,12-13,15-16H2,1H3. The van der Waals surface area contributed by atoms with Crippen LogP contribution in [0.25, 0.3) is 10.9 Å². The number of hydrogen-bond donors (Lipinski definition) is 0. The summed E-state index contributed by atoms with van der Waals surface area (Å²) in [5, 5.41) is 1.46. The van der Waals surface area contributed by atoms with E-state index in [1.807, 2.05) is 0 Å². The second-order valence-electron chi connectivity index (χ2n) is 7.66. The minimum atomic E-state index is 0.561. The van der Waals surface area contributed by atoms with Crippen LogP contribution in [0.1, 0.15) is 41.3 Å². The molecule has 1 aliphatic heterocycles. The van der Waals surface area contributed by atoms with Crippen molar-refractivity contribution in [3.8, 4) is 0 Å². The number of ether oxygens (including phenoxy) is 1. The van der Waals surface area contributed by atoms with Crippen LogP contribution in [0.4, 0.5) is 0 Å². The van der Waals surface area contributed by atoms with Gasteiger partial charge in [0.2, 0.25) is 0 Å². The molecule has 0 fully saturated rings. The van der Waals surface area contributed by atoms with Gasteiger partial charge in [0, 0.05) is 43.3 Å². The molecule has 1 unspecified atom stereocenters. The Kier molecular flexibility index (Phi) is 4.07. The molecule has 0 bridgehead atoms. The van der Waals surface area contributed by atoms with Gasteiger partial charge in [0.15, 0.2) is 0 Å². The lowest BCUT2D eigenvalue weighted by Gasteiger charge is -2.40. The second-order valence-corrected chi connectivity index (χ2v) is 7.66. The summed E-state index contributed by atoms with van der Waals surface area (Å²) in [5.41, 5.74) is 7.30. The zero-order chi connectivity index (χ0) is 17.5. The van der Waals surface area contributed by atoms with Crippen molar-refractivity contribution >= 4 is 10.9 Å². The van der Waals surface area contributed by atoms with Gasteiger partial charge in [-0.1, -0.05) is 36.4 Å². The lowest BCUT2D eigenvalue weighted by atomic mass is 9.89. The van der Waals surface area contributed by atoms with Crippen LogP contribution in [0, 0.1) is 0 Å². The van der Waals surface area contributed by atoms with Gasteiger partial charge in [0.1, 0.15) is 0 Å². The molecule has 0 saturated carbocycles. The Labute approximate surface area is 155 Å². The largest absolute Gasteiger partial charge is 0.380 e. The van der Waals surface area contributed by atoms with E-state index >= 15 is 0 Å². The van der Waals surface area contributed by atoms with E-state index in [0.717, 1.165) is 19.6 Å². The summed E-state index contributed by atoms with van der Waals surface area (Å²) in [6, 6.07) is 18.4. The minimum absolute atomic E-state index is 0.561. The van der Waals surface area contributed by atoms with Crippen LogP contribution >= 0.6 is 0 Å². The summed E-state index contributed by atoms with van der Waals surface area (Å²) in [7, 11) is 1.77. The molecule has 0 radical (unpaired) electrons. The Morgan fingerprint density at radius 3 is 2.77 bits per heavy atom. The third-order valence-corrected chi connectivity index (χ3v) is 6.09. The maximum atomic E-state index is 5.36. The molecule has 0 amide bonds. The molecule has 3 nitrogen and oxygen atoms in total. The highest BCUT2D eigenvalue weighted by atomic mass is 16.5. The van der Waals surface area contributed by atoms with Gasteiger partial charge in [-0.05, 0) is 48.1 Å². The fourth-order valence-electron chi connectivity index (χ4n) is 4.99. The number of aryl methyl sites for hydroxylation is 1. The summed E-state index contributed by atoms with van der Waals surface area (Å²) < 4.78 is 7.96. The Bertz CT molecular complexity index is 928. The van der Waals surface area contributed by atoms with Crippen molar-refractivity contribution in [2.45, 2.75) is 45.0 Å². The summed E-state index contributed by atoms with van der Waals surface area (Å²) in [4.78, 5) is 2.70. The smallest absolute Gasteiger partial charge is 0.0713 e. The van der Waals surface area contributed by atoms with Crippen molar-refractivity contribution in [2.24, 2.45) is 0 Å². The summed E-state index contributed by atoms with van der Waals surface area (Å²) in [6.45, 7) is 3.98. The van der Waals surface area contributed by atoms with E-state index in [4.69, 9.17) is 4.74 Å². The van der Waals surface area contributed by atoms with Gasteiger partial charge in [-0.2, -0.15) is 0 Å². The number of nitrogens with zero attached hydrogens (tertiary/aromatic N) is 2. The fraction of sp³-hybridized carbons (Fsp3) is 0.391. The number of aromatic nitrogens is 1. The summed E-state index contributed by atoms with van der Waals surface area (Å²) >= 11 is 0. The molecular formula is C23H26N2O. The Morgan fingerprint density at radius 2 is 1.92 bits per heavy atom. The molecule has 2 aliphatic rings. The van der Waals surface area contributed by atoms with Gasteiger partial charge in [-0.15, -0.1) is 0 Å². The van der Waals surface area contributed by atoms with Gasteiger partial charge in [-0.25, -0.2) is 0 Å². The summed E-state index contributed by atoms with van der Waals surface area (Å²) in [5.74, 6) is 0. The molecule has 3 aromatic rings. The molecule has 3 heteroatoms. The monoisotopic (exact) mass is 346 g/mol. The molecule has 134 valence electrons. The van der Waals surface area contributed by atoms with Crippen LogP contribution in [0.2, 0.25) is 0 Å². The van der Waals surface area contributed by atoms with E-state index in [1.165, 1.54) is 41.3 Å². The molecule has 1 aromatic heterocycles. The topological polar surface area (TPSA) is 17.4 Å².